The first-order valence-electron chi connectivity index (χ1n) is 18.2. The minimum absolute atomic E-state index is 0.486. The van der Waals surface area contributed by atoms with E-state index in [1.807, 2.05) is 17.4 Å². The molecule has 7 aromatic carbocycles. The van der Waals surface area contributed by atoms with Crippen LogP contribution in [0.4, 0.5) is 0 Å². The van der Waals surface area contributed by atoms with Gasteiger partial charge in [-0.3, -0.25) is 0 Å². The standard InChI is InChI=1S/C51H30OS/c1-30-47-45-27-26-40-37-25-24-33(32-14-10-15-34(28-32)35-19-11-20-41-38-17-6-9-23-46(38)53-50(35)41)29-43(37)51(49(40)47)42-21-7-5-16-36(42)39(48(30)51)18-4-2-12-31-13-3-8-22-44(31)52-45/h2-29H,1H2/b12-2+,18-4-. The molecule has 1 spiro atoms. The molecule has 0 N–H and O–H groups in total. The first kappa shape index (κ1) is 29.1. The number of para-hydroxylation sites is 1. The Morgan fingerprint density at radius 2 is 1.28 bits per heavy atom. The third kappa shape index (κ3) is 3.76. The van der Waals surface area contributed by atoms with Crippen LogP contribution in [-0.4, -0.2) is 0 Å². The summed E-state index contributed by atoms with van der Waals surface area (Å²) in [6.07, 6.45) is 8.72. The van der Waals surface area contributed by atoms with Gasteiger partial charge in [-0.25, -0.2) is 0 Å². The molecule has 2 heterocycles. The third-order valence-corrected chi connectivity index (χ3v) is 13.0. The lowest BCUT2D eigenvalue weighted by atomic mass is 9.72. The zero-order valence-electron chi connectivity index (χ0n) is 28.7. The Kier molecular flexibility index (Phi) is 5.79. The summed E-state index contributed by atoms with van der Waals surface area (Å²) in [6.45, 7) is 4.87. The Labute approximate surface area is 311 Å². The SMILES string of the molecule is C=C1C2=C3/C=C\C=C\c4ccccc4Oc4ccc5c(c41)C2(c1ccccc13)c1cc(-c2cccc(-c3cccc4c3sc3ccccc34)c2)ccc1-5. The van der Waals surface area contributed by atoms with Crippen molar-refractivity contribution in [3.8, 4) is 44.9 Å². The van der Waals surface area contributed by atoms with Crippen LogP contribution in [0.2, 0.25) is 0 Å². The second kappa shape index (κ2) is 10.5. The van der Waals surface area contributed by atoms with Crippen LogP contribution in [0.5, 0.6) is 11.5 Å². The number of benzene rings is 7. The van der Waals surface area contributed by atoms with Gasteiger partial charge in [-0.2, -0.15) is 0 Å². The smallest absolute Gasteiger partial charge is 0.135 e. The lowest BCUT2D eigenvalue weighted by Gasteiger charge is -2.28. The highest BCUT2D eigenvalue weighted by atomic mass is 32.1. The monoisotopic (exact) mass is 690 g/mol. The summed E-state index contributed by atoms with van der Waals surface area (Å²) >= 11 is 1.88. The highest BCUT2D eigenvalue weighted by molar-refractivity contribution is 7.26. The molecule has 0 saturated carbocycles. The Morgan fingerprint density at radius 3 is 2.26 bits per heavy atom. The normalized spacial score (nSPS) is 18.3. The Balaban J connectivity index is 1.09. The van der Waals surface area contributed by atoms with Crippen molar-refractivity contribution in [1.82, 2.24) is 0 Å². The molecular formula is C51H30OS. The summed E-state index contributed by atoms with van der Waals surface area (Å²) in [4.78, 5) is 0. The quantitative estimate of drug-likeness (QED) is 0.175. The van der Waals surface area contributed by atoms with Crippen LogP contribution in [0, 0.1) is 0 Å². The fourth-order valence-electron chi connectivity index (χ4n) is 9.71. The maximum Gasteiger partial charge on any atom is 0.135 e. The third-order valence-electron chi connectivity index (χ3n) is 11.8. The topological polar surface area (TPSA) is 9.23 Å². The fourth-order valence-corrected chi connectivity index (χ4v) is 10.9. The molecule has 8 aromatic rings. The summed E-state index contributed by atoms with van der Waals surface area (Å²) in [5.41, 5.74) is 17.9. The van der Waals surface area contributed by atoms with Gasteiger partial charge in [0.05, 0.1) is 5.41 Å². The van der Waals surface area contributed by atoms with Gasteiger partial charge in [0.25, 0.3) is 0 Å². The first-order valence-corrected chi connectivity index (χ1v) is 19.0. The number of hydrogen-bond acceptors (Lipinski definition) is 2. The number of hydrogen-bond donors (Lipinski definition) is 0. The first-order chi connectivity index (χ1) is 26.2. The second-order valence-corrected chi connectivity index (χ2v) is 15.5. The number of ether oxygens (including phenoxy) is 1. The van der Waals surface area contributed by atoms with Gasteiger partial charge >= 0.3 is 0 Å². The Hall–Kier alpha value is -6.48. The van der Waals surface area contributed by atoms with E-state index in [2.05, 4.69) is 164 Å². The summed E-state index contributed by atoms with van der Waals surface area (Å²) in [5, 5.41) is 2.65. The van der Waals surface area contributed by atoms with Gasteiger partial charge in [-0.05, 0) is 103 Å². The van der Waals surface area contributed by atoms with Gasteiger partial charge in [-0.1, -0.05) is 146 Å². The molecule has 0 saturated heterocycles. The van der Waals surface area contributed by atoms with Crippen molar-refractivity contribution in [3.63, 3.8) is 0 Å². The van der Waals surface area contributed by atoms with E-state index in [4.69, 9.17) is 11.3 Å². The lowest BCUT2D eigenvalue weighted by Crippen LogP contribution is -2.24. The molecule has 2 bridgehead atoms. The zero-order chi connectivity index (χ0) is 34.8. The van der Waals surface area contributed by atoms with Crippen LogP contribution in [0.3, 0.4) is 0 Å². The van der Waals surface area contributed by atoms with Crippen LogP contribution >= 0.6 is 11.3 Å². The van der Waals surface area contributed by atoms with Gasteiger partial charge in [0.1, 0.15) is 11.5 Å². The van der Waals surface area contributed by atoms with Gasteiger partial charge < -0.3 is 4.74 Å². The average Bonchev–Trinajstić information content (AvgIpc) is 3.90. The van der Waals surface area contributed by atoms with Crippen molar-refractivity contribution in [2.45, 2.75) is 5.41 Å². The van der Waals surface area contributed by atoms with Crippen molar-refractivity contribution in [3.05, 3.63) is 209 Å². The summed E-state index contributed by atoms with van der Waals surface area (Å²) in [6, 6.07) is 53.4. The molecule has 53 heavy (non-hydrogen) atoms. The van der Waals surface area contributed by atoms with E-state index in [1.165, 1.54) is 87.0 Å². The molecule has 1 unspecified atom stereocenters. The number of allylic oxidation sites excluding steroid dienone is 6. The number of thiophene rings is 1. The van der Waals surface area contributed by atoms with E-state index < -0.39 is 5.41 Å². The maximum absolute atomic E-state index is 6.85. The number of fused-ring (bicyclic) bond motifs is 8. The van der Waals surface area contributed by atoms with Gasteiger partial charge in [0, 0.05) is 31.3 Å². The molecule has 1 atom stereocenters. The van der Waals surface area contributed by atoms with Crippen molar-refractivity contribution < 1.29 is 4.74 Å². The highest BCUT2D eigenvalue weighted by Crippen LogP contribution is 2.71. The molecule has 0 fully saturated rings. The molecule has 246 valence electrons. The van der Waals surface area contributed by atoms with Crippen LogP contribution in [0.15, 0.2) is 176 Å². The van der Waals surface area contributed by atoms with Gasteiger partial charge in [0.15, 0.2) is 0 Å². The second-order valence-electron chi connectivity index (χ2n) is 14.4. The number of rotatable bonds is 2. The van der Waals surface area contributed by atoms with Crippen molar-refractivity contribution >= 4 is 48.7 Å². The van der Waals surface area contributed by atoms with Gasteiger partial charge in [-0.15, -0.1) is 11.3 Å². The van der Waals surface area contributed by atoms with Crippen LogP contribution in [0.1, 0.15) is 33.4 Å². The van der Waals surface area contributed by atoms with Crippen LogP contribution in [-0.2, 0) is 5.41 Å². The zero-order valence-corrected chi connectivity index (χ0v) is 29.5. The largest absolute Gasteiger partial charge is 0.456 e. The Morgan fingerprint density at radius 1 is 0.528 bits per heavy atom. The molecule has 1 aliphatic heterocycles. The van der Waals surface area contributed by atoms with E-state index in [0.717, 1.165) is 28.2 Å². The average molecular weight is 691 g/mol. The van der Waals surface area contributed by atoms with Crippen LogP contribution in [0.25, 0.3) is 70.8 Å². The molecule has 0 amide bonds. The molecule has 4 aliphatic rings. The van der Waals surface area contributed by atoms with E-state index in [9.17, 15) is 0 Å². The van der Waals surface area contributed by atoms with E-state index >= 15 is 0 Å². The summed E-state index contributed by atoms with van der Waals surface area (Å²) < 4.78 is 9.52. The molecule has 12 rings (SSSR count). The van der Waals surface area contributed by atoms with Gasteiger partial charge in [0.2, 0.25) is 0 Å². The predicted molar refractivity (Wildman–Crippen MR) is 223 cm³/mol. The van der Waals surface area contributed by atoms with E-state index in [0.29, 0.717) is 0 Å². The minimum atomic E-state index is -0.486. The predicted octanol–water partition coefficient (Wildman–Crippen LogP) is 13.9. The highest BCUT2D eigenvalue weighted by Gasteiger charge is 2.59. The van der Waals surface area contributed by atoms with Crippen molar-refractivity contribution in [2.24, 2.45) is 0 Å². The van der Waals surface area contributed by atoms with Crippen LogP contribution < -0.4 is 4.74 Å². The minimum Gasteiger partial charge on any atom is -0.456 e. The molecular weight excluding hydrogens is 661 g/mol. The molecule has 1 nitrogen and oxygen atoms in total. The van der Waals surface area contributed by atoms with E-state index in [-0.39, 0.29) is 0 Å². The summed E-state index contributed by atoms with van der Waals surface area (Å²) in [5.74, 6) is 1.69. The lowest BCUT2D eigenvalue weighted by molar-refractivity contribution is 0.480. The molecule has 1 aromatic heterocycles. The fraction of sp³-hybridized carbons (Fsp3) is 0.0196. The van der Waals surface area contributed by atoms with E-state index in [1.54, 1.807) is 0 Å². The summed E-state index contributed by atoms with van der Waals surface area (Å²) in [7, 11) is 0. The Bertz CT molecular complexity index is 3060. The van der Waals surface area contributed by atoms with Crippen molar-refractivity contribution in [1.29, 1.82) is 0 Å². The molecule has 3 aliphatic carbocycles. The maximum atomic E-state index is 6.85. The molecule has 0 radical (unpaired) electrons. The van der Waals surface area contributed by atoms with Crippen molar-refractivity contribution in [2.75, 3.05) is 0 Å². The molecule has 2 heteroatoms.